The van der Waals surface area contributed by atoms with E-state index >= 15 is 0 Å². The Morgan fingerprint density at radius 1 is 1.39 bits per heavy atom. The zero-order valence-electron chi connectivity index (χ0n) is 11.4. The number of hydrogen-bond donors (Lipinski definition) is 1. The average molecular weight is 252 g/mol. The molecule has 1 saturated carbocycles. The molecule has 2 amide bonds. The molecule has 1 atom stereocenters. The van der Waals surface area contributed by atoms with Crippen LogP contribution in [0, 0.1) is 11.8 Å². The van der Waals surface area contributed by atoms with Crippen LogP contribution in [-0.2, 0) is 9.59 Å². The molecule has 2 aliphatic rings. The van der Waals surface area contributed by atoms with Crippen molar-refractivity contribution < 1.29 is 9.59 Å². The number of carbonyl (C=O) groups is 2. The highest BCUT2D eigenvalue weighted by molar-refractivity contribution is 5.89. The van der Waals surface area contributed by atoms with Gasteiger partial charge in [0.25, 0.3) is 0 Å². The van der Waals surface area contributed by atoms with E-state index in [1.165, 1.54) is 12.8 Å². The standard InChI is InChI=1S/C14H24N2O2/c1-10(2)8-15-14(18)11-7-13(17)16(9-11)12-5-3-4-6-12/h10-12H,3-9H2,1-2H3,(H,15,18)/t11-/m0/s1. The number of rotatable bonds is 4. The minimum absolute atomic E-state index is 0.0533. The molecule has 0 spiro atoms. The predicted octanol–water partition coefficient (Wildman–Crippen LogP) is 1.55. The summed E-state index contributed by atoms with van der Waals surface area (Å²) in [5.41, 5.74) is 0. The van der Waals surface area contributed by atoms with Crippen molar-refractivity contribution in [3.05, 3.63) is 0 Å². The van der Waals surface area contributed by atoms with Crippen molar-refractivity contribution in [2.24, 2.45) is 11.8 Å². The van der Waals surface area contributed by atoms with E-state index < -0.39 is 0 Å². The van der Waals surface area contributed by atoms with E-state index in [2.05, 4.69) is 19.2 Å². The highest BCUT2D eigenvalue weighted by atomic mass is 16.2. The van der Waals surface area contributed by atoms with E-state index in [1.54, 1.807) is 0 Å². The quantitative estimate of drug-likeness (QED) is 0.825. The molecule has 0 unspecified atom stereocenters. The summed E-state index contributed by atoms with van der Waals surface area (Å²) >= 11 is 0. The van der Waals surface area contributed by atoms with Crippen LogP contribution in [0.5, 0.6) is 0 Å². The van der Waals surface area contributed by atoms with Crippen molar-refractivity contribution in [2.45, 2.75) is 52.0 Å². The van der Waals surface area contributed by atoms with Gasteiger partial charge in [-0.15, -0.1) is 0 Å². The Morgan fingerprint density at radius 2 is 2.06 bits per heavy atom. The summed E-state index contributed by atoms with van der Waals surface area (Å²) in [6.45, 7) is 5.48. The molecule has 1 aliphatic carbocycles. The summed E-state index contributed by atoms with van der Waals surface area (Å²) in [5, 5.41) is 2.94. The van der Waals surface area contributed by atoms with Crippen LogP contribution in [0.25, 0.3) is 0 Å². The van der Waals surface area contributed by atoms with Gasteiger partial charge in [0.15, 0.2) is 0 Å². The first-order valence-electron chi connectivity index (χ1n) is 7.15. The molecule has 2 fully saturated rings. The van der Waals surface area contributed by atoms with Crippen molar-refractivity contribution in [3.63, 3.8) is 0 Å². The molecule has 0 aromatic rings. The monoisotopic (exact) mass is 252 g/mol. The highest BCUT2D eigenvalue weighted by Gasteiger charge is 2.38. The Bertz CT molecular complexity index is 322. The van der Waals surface area contributed by atoms with Crippen LogP contribution < -0.4 is 5.32 Å². The van der Waals surface area contributed by atoms with Gasteiger partial charge in [0.2, 0.25) is 11.8 Å². The number of nitrogens with zero attached hydrogens (tertiary/aromatic N) is 1. The second-order valence-corrected chi connectivity index (χ2v) is 6.02. The molecule has 0 radical (unpaired) electrons. The van der Waals surface area contributed by atoms with Gasteiger partial charge >= 0.3 is 0 Å². The first-order valence-corrected chi connectivity index (χ1v) is 7.15. The minimum Gasteiger partial charge on any atom is -0.356 e. The van der Waals surface area contributed by atoms with Gasteiger partial charge in [-0.05, 0) is 18.8 Å². The molecular weight excluding hydrogens is 228 g/mol. The molecule has 2 rings (SSSR count). The van der Waals surface area contributed by atoms with Gasteiger partial charge in [-0.1, -0.05) is 26.7 Å². The van der Waals surface area contributed by atoms with Gasteiger partial charge in [-0.3, -0.25) is 9.59 Å². The van der Waals surface area contributed by atoms with Crippen molar-refractivity contribution >= 4 is 11.8 Å². The van der Waals surface area contributed by atoms with Gasteiger partial charge in [0.05, 0.1) is 5.92 Å². The van der Waals surface area contributed by atoms with Crippen LogP contribution in [0.15, 0.2) is 0 Å². The van der Waals surface area contributed by atoms with E-state index in [-0.39, 0.29) is 17.7 Å². The largest absolute Gasteiger partial charge is 0.356 e. The second-order valence-electron chi connectivity index (χ2n) is 6.02. The molecule has 4 nitrogen and oxygen atoms in total. The van der Waals surface area contributed by atoms with E-state index in [0.29, 0.717) is 31.5 Å². The normalized spacial score (nSPS) is 25.2. The number of carbonyl (C=O) groups excluding carboxylic acids is 2. The van der Waals surface area contributed by atoms with Gasteiger partial charge < -0.3 is 10.2 Å². The summed E-state index contributed by atoms with van der Waals surface area (Å²) in [6.07, 6.45) is 5.08. The Balaban J connectivity index is 1.85. The molecule has 4 heteroatoms. The van der Waals surface area contributed by atoms with Crippen LogP contribution in [0.1, 0.15) is 46.0 Å². The third-order valence-electron chi connectivity index (χ3n) is 3.98. The molecule has 0 aromatic carbocycles. The fourth-order valence-electron chi connectivity index (χ4n) is 2.93. The minimum atomic E-state index is -0.128. The molecule has 18 heavy (non-hydrogen) atoms. The molecule has 1 heterocycles. The Kier molecular flexibility index (Phi) is 4.25. The van der Waals surface area contributed by atoms with E-state index in [4.69, 9.17) is 0 Å². The van der Waals surface area contributed by atoms with Gasteiger partial charge in [-0.25, -0.2) is 0 Å². The lowest BCUT2D eigenvalue weighted by Gasteiger charge is -2.23. The predicted molar refractivity (Wildman–Crippen MR) is 69.9 cm³/mol. The SMILES string of the molecule is CC(C)CNC(=O)[C@H]1CC(=O)N(C2CCCC2)C1. The molecule has 0 bridgehead atoms. The summed E-state index contributed by atoms with van der Waals surface area (Å²) in [5.74, 6) is 0.554. The number of likely N-dealkylation sites (tertiary alicyclic amines) is 1. The fraction of sp³-hybridized carbons (Fsp3) is 0.857. The lowest BCUT2D eigenvalue weighted by atomic mass is 10.1. The topological polar surface area (TPSA) is 49.4 Å². The number of nitrogens with one attached hydrogen (secondary N) is 1. The van der Waals surface area contributed by atoms with Crippen LogP contribution in [0.2, 0.25) is 0 Å². The van der Waals surface area contributed by atoms with Crippen molar-refractivity contribution in [3.8, 4) is 0 Å². The van der Waals surface area contributed by atoms with Gasteiger partial charge in [0.1, 0.15) is 0 Å². The van der Waals surface area contributed by atoms with Crippen LogP contribution in [0.4, 0.5) is 0 Å². The highest BCUT2D eigenvalue weighted by Crippen LogP contribution is 2.29. The summed E-state index contributed by atoms with van der Waals surface area (Å²) in [7, 11) is 0. The lowest BCUT2D eigenvalue weighted by Crippen LogP contribution is -2.37. The van der Waals surface area contributed by atoms with E-state index in [0.717, 1.165) is 12.8 Å². The molecule has 102 valence electrons. The molecule has 1 aliphatic heterocycles. The lowest BCUT2D eigenvalue weighted by molar-refractivity contribution is -0.130. The summed E-state index contributed by atoms with van der Waals surface area (Å²) in [6, 6.07) is 0.403. The Morgan fingerprint density at radius 3 is 2.67 bits per heavy atom. The third kappa shape index (κ3) is 3.03. The maximum absolute atomic E-state index is 12.0. The summed E-state index contributed by atoms with van der Waals surface area (Å²) < 4.78 is 0. The first kappa shape index (κ1) is 13.4. The maximum atomic E-state index is 12.0. The van der Waals surface area contributed by atoms with E-state index in [9.17, 15) is 9.59 Å². The number of amides is 2. The molecule has 1 saturated heterocycles. The van der Waals surface area contributed by atoms with Crippen molar-refractivity contribution in [2.75, 3.05) is 13.1 Å². The van der Waals surface area contributed by atoms with Crippen LogP contribution >= 0.6 is 0 Å². The first-order chi connectivity index (χ1) is 8.58. The molecule has 1 N–H and O–H groups in total. The Hall–Kier alpha value is -1.06. The van der Waals surface area contributed by atoms with E-state index in [1.807, 2.05) is 4.90 Å². The zero-order chi connectivity index (χ0) is 13.1. The maximum Gasteiger partial charge on any atom is 0.225 e. The molecule has 0 aromatic heterocycles. The average Bonchev–Trinajstić information content (AvgIpc) is 2.94. The third-order valence-corrected chi connectivity index (χ3v) is 3.98. The zero-order valence-corrected chi connectivity index (χ0v) is 11.4. The van der Waals surface area contributed by atoms with Crippen LogP contribution in [-0.4, -0.2) is 35.8 Å². The Labute approximate surface area is 109 Å². The van der Waals surface area contributed by atoms with Crippen molar-refractivity contribution in [1.29, 1.82) is 0 Å². The van der Waals surface area contributed by atoms with Gasteiger partial charge in [-0.2, -0.15) is 0 Å². The van der Waals surface area contributed by atoms with Crippen LogP contribution in [0.3, 0.4) is 0 Å². The van der Waals surface area contributed by atoms with Crippen molar-refractivity contribution in [1.82, 2.24) is 10.2 Å². The molecular formula is C14H24N2O2. The summed E-state index contributed by atoms with van der Waals surface area (Å²) in [4.78, 5) is 25.9. The second kappa shape index (κ2) is 5.72. The fourth-order valence-corrected chi connectivity index (χ4v) is 2.93. The number of hydrogen-bond acceptors (Lipinski definition) is 2. The van der Waals surface area contributed by atoms with Gasteiger partial charge in [0, 0.05) is 25.6 Å². The smallest absolute Gasteiger partial charge is 0.225 e.